The second kappa shape index (κ2) is 4.78. The van der Waals surface area contributed by atoms with Crippen LogP contribution in [0.4, 0.5) is 5.95 Å². The molecule has 0 aliphatic rings. The van der Waals surface area contributed by atoms with Gasteiger partial charge in [-0.05, 0) is 27.7 Å². The highest BCUT2D eigenvalue weighted by atomic mass is 15.2. The van der Waals surface area contributed by atoms with Gasteiger partial charge in [0.05, 0.1) is 0 Å². The molecule has 4 heteroatoms. The fourth-order valence-corrected chi connectivity index (χ4v) is 1.23. The number of hydrogen-bond donors (Lipinski definition) is 1. The molecule has 1 aromatic heterocycles. The molecule has 0 atom stereocenters. The highest BCUT2D eigenvalue weighted by Crippen LogP contribution is 2.10. The van der Waals surface area contributed by atoms with E-state index in [4.69, 9.17) is 0 Å². The fourth-order valence-electron chi connectivity index (χ4n) is 1.23. The third-order valence-corrected chi connectivity index (χ3v) is 2.28. The molecule has 1 heterocycles. The molecule has 0 fully saturated rings. The molecule has 16 heavy (non-hydrogen) atoms. The van der Waals surface area contributed by atoms with Crippen molar-refractivity contribution in [3.63, 3.8) is 0 Å². The van der Waals surface area contributed by atoms with E-state index >= 15 is 0 Å². The molecular weight excluding hydrogens is 200 g/mol. The highest BCUT2D eigenvalue weighted by molar-refractivity contribution is 5.30. The zero-order valence-corrected chi connectivity index (χ0v) is 11.1. The molecular formula is C12H22N4. The number of nitrogens with one attached hydrogen (secondary N) is 1. The van der Waals surface area contributed by atoms with Crippen LogP contribution in [0.15, 0.2) is 6.20 Å². The Morgan fingerprint density at radius 2 is 1.94 bits per heavy atom. The lowest BCUT2D eigenvalue weighted by Crippen LogP contribution is -2.35. The van der Waals surface area contributed by atoms with Gasteiger partial charge in [-0.1, -0.05) is 0 Å². The van der Waals surface area contributed by atoms with Crippen LogP contribution in [0.2, 0.25) is 0 Å². The van der Waals surface area contributed by atoms with E-state index in [2.05, 4.69) is 36.1 Å². The predicted octanol–water partition coefficient (Wildman–Crippen LogP) is 1.74. The van der Waals surface area contributed by atoms with E-state index in [-0.39, 0.29) is 5.54 Å². The summed E-state index contributed by atoms with van der Waals surface area (Å²) in [5.74, 6) is 0.761. The van der Waals surface area contributed by atoms with Gasteiger partial charge in [-0.2, -0.15) is 0 Å². The van der Waals surface area contributed by atoms with Crippen molar-refractivity contribution in [1.82, 2.24) is 15.3 Å². The summed E-state index contributed by atoms with van der Waals surface area (Å²) in [5, 5.41) is 3.43. The Hall–Kier alpha value is -1.16. The van der Waals surface area contributed by atoms with E-state index in [9.17, 15) is 0 Å². The summed E-state index contributed by atoms with van der Waals surface area (Å²) in [6, 6.07) is 0. The van der Waals surface area contributed by atoms with Crippen LogP contribution >= 0.6 is 0 Å². The summed E-state index contributed by atoms with van der Waals surface area (Å²) in [6.45, 7) is 9.28. The molecule has 0 aliphatic carbocycles. The number of aromatic nitrogens is 2. The van der Waals surface area contributed by atoms with Gasteiger partial charge < -0.3 is 10.2 Å². The van der Waals surface area contributed by atoms with Crippen LogP contribution < -0.4 is 10.2 Å². The van der Waals surface area contributed by atoms with Crippen molar-refractivity contribution in [2.75, 3.05) is 19.0 Å². The Morgan fingerprint density at radius 3 is 2.38 bits per heavy atom. The van der Waals surface area contributed by atoms with Crippen LogP contribution in [0.5, 0.6) is 0 Å². The van der Waals surface area contributed by atoms with Crippen molar-refractivity contribution in [3.05, 3.63) is 17.5 Å². The Kier molecular flexibility index (Phi) is 3.86. The van der Waals surface area contributed by atoms with Gasteiger partial charge in [0.2, 0.25) is 5.95 Å². The van der Waals surface area contributed by atoms with Gasteiger partial charge >= 0.3 is 0 Å². The first-order chi connectivity index (χ1) is 7.29. The molecule has 0 saturated heterocycles. The average Bonchev–Trinajstić information content (AvgIpc) is 2.14. The lowest BCUT2D eigenvalue weighted by molar-refractivity contribution is 0.423. The summed E-state index contributed by atoms with van der Waals surface area (Å²) < 4.78 is 0. The lowest BCUT2D eigenvalue weighted by Gasteiger charge is -2.21. The SMILES string of the molecule is Cc1nc(N(C)C)ncc1CNC(C)(C)C. The first-order valence-corrected chi connectivity index (χ1v) is 5.54. The highest BCUT2D eigenvalue weighted by Gasteiger charge is 2.10. The van der Waals surface area contributed by atoms with E-state index in [1.807, 2.05) is 32.1 Å². The van der Waals surface area contributed by atoms with Crippen molar-refractivity contribution in [2.24, 2.45) is 0 Å². The summed E-state index contributed by atoms with van der Waals surface area (Å²) in [4.78, 5) is 10.7. The summed E-state index contributed by atoms with van der Waals surface area (Å²) in [6.07, 6.45) is 1.90. The van der Waals surface area contributed by atoms with Crippen molar-refractivity contribution in [2.45, 2.75) is 39.8 Å². The maximum Gasteiger partial charge on any atom is 0.224 e. The molecule has 1 rings (SSSR count). The van der Waals surface area contributed by atoms with Crippen LogP contribution in [0.25, 0.3) is 0 Å². The van der Waals surface area contributed by atoms with Gasteiger partial charge in [0.1, 0.15) is 0 Å². The molecule has 4 nitrogen and oxygen atoms in total. The Morgan fingerprint density at radius 1 is 1.31 bits per heavy atom. The third-order valence-electron chi connectivity index (χ3n) is 2.28. The number of anilines is 1. The Labute approximate surface area is 98.1 Å². The minimum atomic E-state index is 0.118. The van der Waals surface area contributed by atoms with E-state index in [0.29, 0.717) is 0 Å². The van der Waals surface area contributed by atoms with Gasteiger partial charge in [0.15, 0.2) is 0 Å². The van der Waals surface area contributed by atoms with Crippen LogP contribution in [0, 0.1) is 6.92 Å². The zero-order valence-electron chi connectivity index (χ0n) is 11.1. The standard InChI is InChI=1S/C12H22N4/c1-9-10(8-14-12(2,3)4)7-13-11(15-9)16(5)6/h7,14H,8H2,1-6H3. The third kappa shape index (κ3) is 3.77. The van der Waals surface area contributed by atoms with Crippen LogP contribution in [0.1, 0.15) is 32.0 Å². The fraction of sp³-hybridized carbons (Fsp3) is 0.667. The number of rotatable bonds is 3. The minimum absolute atomic E-state index is 0.118. The van der Waals surface area contributed by atoms with Crippen molar-refractivity contribution >= 4 is 5.95 Å². The smallest absolute Gasteiger partial charge is 0.224 e. The first-order valence-electron chi connectivity index (χ1n) is 5.54. The van der Waals surface area contributed by atoms with E-state index in [0.717, 1.165) is 23.8 Å². The number of nitrogens with zero attached hydrogens (tertiary/aromatic N) is 3. The van der Waals surface area contributed by atoms with Crippen molar-refractivity contribution in [3.8, 4) is 0 Å². The molecule has 1 N–H and O–H groups in total. The van der Waals surface area contributed by atoms with E-state index in [1.165, 1.54) is 0 Å². The lowest BCUT2D eigenvalue weighted by atomic mass is 10.1. The Balaban J connectivity index is 2.76. The van der Waals surface area contributed by atoms with Gasteiger partial charge in [-0.25, -0.2) is 9.97 Å². The molecule has 0 amide bonds. The van der Waals surface area contributed by atoms with Gasteiger partial charge in [0, 0.05) is 43.6 Å². The summed E-state index contributed by atoms with van der Waals surface area (Å²) >= 11 is 0. The van der Waals surface area contributed by atoms with E-state index in [1.54, 1.807) is 0 Å². The largest absolute Gasteiger partial charge is 0.347 e. The van der Waals surface area contributed by atoms with Crippen LogP contribution in [-0.4, -0.2) is 29.6 Å². The average molecular weight is 222 g/mol. The molecule has 0 unspecified atom stereocenters. The summed E-state index contributed by atoms with van der Waals surface area (Å²) in [7, 11) is 3.89. The molecule has 90 valence electrons. The first kappa shape index (κ1) is 12.9. The maximum atomic E-state index is 4.45. The van der Waals surface area contributed by atoms with Gasteiger partial charge in [-0.3, -0.25) is 0 Å². The van der Waals surface area contributed by atoms with E-state index < -0.39 is 0 Å². The molecule has 0 saturated carbocycles. The molecule has 0 bridgehead atoms. The normalized spacial score (nSPS) is 11.6. The summed E-state index contributed by atoms with van der Waals surface area (Å²) in [5.41, 5.74) is 2.31. The molecule has 0 radical (unpaired) electrons. The molecule has 0 aromatic carbocycles. The second-order valence-electron chi connectivity index (χ2n) is 5.28. The number of aryl methyl sites for hydroxylation is 1. The van der Waals surface area contributed by atoms with Crippen LogP contribution in [0.3, 0.4) is 0 Å². The van der Waals surface area contributed by atoms with Gasteiger partial charge in [0.25, 0.3) is 0 Å². The second-order valence-corrected chi connectivity index (χ2v) is 5.28. The monoisotopic (exact) mass is 222 g/mol. The van der Waals surface area contributed by atoms with Crippen molar-refractivity contribution in [1.29, 1.82) is 0 Å². The van der Waals surface area contributed by atoms with Gasteiger partial charge in [-0.15, -0.1) is 0 Å². The quantitative estimate of drug-likeness (QED) is 0.846. The zero-order chi connectivity index (χ0) is 12.3. The molecule has 0 aliphatic heterocycles. The number of hydrogen-bond acceptors (Lipinski definition) is 4. The van der Waals surface area contributed by atoms with Crippen molar-refractivity contribution < 1.29 is 0 Å². The van der Waals surface area contributed by atoms with Crippen LogP contribution in [-0.2, 0) is 6.54 Å². The molecule has 1 aromatic rings. The minimum Gasteiger partial charge on any atom is -0.347 e. The Bertz CT molecular complexity index is 353. The predicted molar refractivity (Wildman–Crippen MR) is 67.7 cm³/mol. The molecule has 0 spiro atoms. The topological polar surface area (TPSA) is 41.1 Å². The maximum absolute atomic E-state index is 4.45.